The van der Waals surface area contributed by atoms with Crippen molar-refractivity contribution in [3.05, 3.63) is 115 Å². The van der Waals surface area contributed by atoms with E-state index in [1.54, 1.807) is 0 Å². The molecule has 5 aromatic carbocycles. The van der Waals surface area contributed by atoms with Gasteiger partial charge in [0.05, 0.1) is 10.4 Å². The molecule has 2 heterocycles. The second-order valence-electron chi connectivity index (χ2n) is 9.36. The molecular formula is C33H26N2S. The Hall–Kier alpha value is -4.08. The maximum absolute atomic E-state index is 3.86. The van der Waals surface area contributed by atoms with Gasteiger partial charge in [-0.25, -0.2) is 0 Å². The van der Waals surface area contributed by atoms with Crippen molar-refractivity contribution in [3.63, 3.8) is 0 Å². The molecule has 0 aliphatic carbocycles. The molecule has 1 saturated heterocycles. The molecule has 0 atom stereocenters. The first-order valence-electron chi connectivity index (χ1n) is 12.6. The molecule has 0 saturated carbocycles. The Morgan fingerprint density at radius 3 is 2.06 bits per heavy atom. The van der Waals surface area contributed by atoms with Crippen LogP contribution in [-0.4, -0.2) is 13.1 Å². The van der Waals surface area contributed by atoms with Crippen LogP contribution in [0.4, 0.5) is 17.1 Å². The third-order valence-corrected chi connectivity index (χ3v) is 8.38. The molecule has 6 aromatic rings. The molecule has 36 heavy (non-hydrogen) atoms. The Balaban J connectivity index is 1.41. The van der Waals surface area contributed by atoms with Gasteiger partial charge in [0.25, 0.3) is 0 Å². The Morgan fingerprint density at radius 2 is 1.31 bits per heavy atom. The van der Waals surface area contributed by atoms with Gasteiger partial charge in [-0.1, -0.05) is 91.0 Å². The van der Waals surface area contributed by atoms with E-state index in [0.717, 1.165) is 24.5 Å². The van der Waals surface area contributed by atoms with Crippen LogP contribution in [0.2, 0.25) is 0 Å². The SMILES string of the molecule is c1ccc(-c2cccc(Nc3cccc4c3sc3cccc(N5CCC5)c34)c2-c2ccccc2)cc1. The first-order chi connectivity index (χ1) is 17.9. The number of nitrogens with one attached hydrogen (secondary N) is 1. The van der Waals surface area contributed by atoms with Gasteiger partial charge in [-0.2, -0.15) is 0 Å². The zero-order valence-corrected chi connectivity index (χ0v) is 20.8. The van der Waals surface area contributed by atoms with E-state index >= 15 is 0 Å². The minimum Gasteiger partial charge on any atom is -0.371 e. The van der Waals surface area contributed by atoms with Crippen LogP contribution in [0, 0.1) is 0 Å². The second-order valence-corrected chi connectivity index (χ2v) is 10.4. The van der Waals surface area contributed by atoms with Gasteiger partial charge < -0.3 is 10.2 Å². The first kappa shape index (κ1) is 21.2. The van der Waals surface area contributed by atoms with Crippen molar-refractivity contribution in [2.24, 2.45) is 0 Å². The summed E-state index contributed by atoms with van der Waals surface area (Å²) in [6, 6.07) is 41.4. The summed E-state index contributed by atoms with van der Waals surface area (Å²) >= 11 is 1.89. The van der Waals surface area contributed by atoms with E-state index in [2.05, 4.69) is 125 Å². The maximum atomic E-state index is 3.86. The summed E-state index contributed by atoms with van der Waals surface area (Å²) in [6.45, 7) is 2.31. The highest BCUT2D eigenvalue weighted by atomic mass is 32.1. The van der Waals surface area contributed by atoms with E-state index in [9.17, 15) is 0 Å². The van der Waals surface area contributed by atoms with Gasteiger partial charge in [0, 0.05) is 45.5 Å². The summed E-state index contributed by atoms with van der Waals surface area (Å²) in [5.74, 6) is 0. The normalized spacial score (nSPS) is 13.2. The standard InChI is InChI=1S/C33H26N2S/c1-3-11-23(12-4-1)25-15-7-17-27(31(25)24-13-5-2-6-14-24)34-28-18-8-16-26-32-29(35-21-10-22-35)19-9-20-30(32)36-33(26)28/h1-9,11-20,34H,10,21-22H2. The lowest BCUT2D eigenvalue weighted by Crippen LogP contribution is -2.36. The molecule has 0 bridgehead atoms. The van der Waals surface area contributed by atoms with Crippen LogP contribution >= 0.6 is 11.3 Å². The van der Waals surface area contributed by atoms with Crippen LogP contribution in [-0.2, 0) is 0 Å². The summed E-state index contributed by atoms with van der Waals surface area (Å²) in [4.78, 5) is 2.51. The Kier molecular flexibility index (Phi) is 5.22. The number of hydrogen-bond donors (Lipinski definition) is 1. The van der Waals surface area contributed by atoms with E-state index < -0.39 is 0 Å². The van der Waals surface area contributed by atoms with E-state index in [0.29, 0.717) is 0 Å². The lowest BCUT2D eigenvalue weighted by molar-refractivity contribution is 0.620. The highest BCUT2D eigenvalue weighted by molar-refractivity contribution is 7.26. The fourth-order valence-corrected chi connectivity index (χ4v) is 6.52. The predicted molar refractivity (Wildman–Crippen MR) is 157 cm³/mol. The fourth-order valence-electron chi connectivity index (χ4n) is 5.32. The molecule has 1 aromatic heterocycles. The summed E-state index contributed by atoms with van der Waals surface area (Å²) in [5.41, 5.74) is 8.54. The van der Waals surface area contributed by atoms with Gasteiger partial charge in [-0.3, -0.25) is 0 Å². The van der Waals surface area contributed by atoms with Gasteiger partial charge in [-0.05, 0) is 47.4 Å². The third-order valence-electron chi connectivity index (χ3n) is 7.18. The van der Waals surface area contributed by atoms with E-state index in [-0.39, 0.29) is 0 Å². The second kappa shape index (κ2) is 8.85. The molecule has 1 aliphatic rings. The highest BCUT2D eigenvalue weighted by Crippen LogP contribution is 2.45. The van der Waals surface area contributed by atoms with Crippen molar-refractivity contribution in [1.29, 1.82) is 0 Å². The van der Waals surface area contributed by atoms with Crippen LogP contribution in [0.1, 0.15) is 6.42 Å². The van der Waals surface area contributed by atoms with Gasteiger partial charge in [0.1, 0.15) is 0 Å². The molecule has 0 radical (unpaired) electrons. The van der Waals surface area contributed by atoms with Crippen LogP contribution in [0.15, 0.2) is 115 Å². The number of thiophene rings is 1. The lowest BCUT2D eigenvalue weighted by Gasteiger charge is -2.33. The molecule has 0 unspecified atom stereocenters. The molecular weight excluding hydrogens is 456 g/mol. The minimum atomic E-state index is 1.12. The van der Waals surface area contributed by atoms with Crippen LogP contribution in [0.25, 0.3) is 42.4 Å². The van der Waals surface area contributed by atoms with Crippen molar-refractivity contribution >= 4 is 48.6 Å². The molecule has 1 fully saturated rings. The van der Waals surface area contributed by atoms with Crippen molar-refractivity contribution in [2.45, 2.75) is 6.42 Å². The number of anilines is 3. The summed E-state index contributed by atoms with van der Waals surface area (Å²) in [6.07, 6.45) is 1.28. The monoisotopic (exact) mass is 482 g/mol. The molecule has 3 heteroatoms. The van der Waals surface area contributed by atoms with Crippen molar-refractivity contribution in [2.75, 3.05) is 23.3 Å². The van der Waals surface area contributed by atoms with E-state index in [4.69, 9.17) is 0 Å². The van der Waals surface area contributed by atoms with Crippen LogP contribution in [0.5, 0.6) is 0 Å². The molecule has 2 nitrogen and oxygen atoms in total. The third kappa shape index (κ3) is 3.55. The average molecular weight is 483 g/mol. The number of nitrogens with zero attached hydrogens (tertiary/aromatic N) is 1. The molecule has 174 valence electrons. The van der Waals surface area contributed by atoms with Crippen molar-refractivity contribution in [3.8, 4) is 22.3 Å². The first-order valence-corrected chi connectivity index (χ1v) is 13.4. The van der Waals surface area contributed by atoms with Gasteiger partial charge in [0.15, 0.2) is 0 Å². The molecule has 1 aliphatic heterocycles. The van der Waals surface area contributed by atoms with Gasteiger partial charge in [-0.15, -0.1) is 11.3 Å². The topological polar surface area (TPSA) is 15.3 Å². The van der Waals surface area contributed by atoms with Gasteiger partial charge >= 0.3 is 0 Å². The average Bonchev–Trinajstić information content (AvgIpc) is 3.29. The number of fused-ring (bicyclic) bond motifs is 3. The predicted octanol–water partition coefficient (Wildman–Crippen LogP) is 9.34. The maximum Gasteiger partial charge on any atom is 0.0591 e. The highest BCUT2D eigenvalue weighted by Gasteiger charge is 2.20. The van der Waals surface area contributed by atoms with E-state index in [1.807, 2.05) is 11.3 Å². The fraction of sp³-hybridized carbons (Fsp3) is 0.0909. The zero-order valence-electron chi connectivity index (χ0n) is 19.9. The molecule has 0 spiro atoms. The molecule has 1 N–H and O–H groups in total. The summed E-state index contributed by atoms with van der Waals surface area (Å²) in [7, 11) is 0. The minimum absolute atomic E-state index is 1.12. The Labute approximate surface area is 215 Å². The quantitative estimate of drug-likeness (QED) is 0.263. The van der Waals surface area contributed by atoms with Crippen molar-refractivity contribution in [1.82, 2.24) is 0 Å². The largest absolute Gasteiger partial charge is 0.371 e. The summed E-state index contributed by atoms with van der Waals surface area (Å²) < 4.78 is 2.66. The van der Waals surface area contributed by atoms with Crippen molar-refractivity contribution < 1.29 is 0 Å². The molecule has 7 rings (SSSR count). The number of hydrogen-bond acceptors (Lipinski definition) is 3. The Morgan fingerprint density at radius 1 is 0.611 bits per heavy atom. The van der Waals surface area contributed by atoms with E-state index in [1.165, 1.54) is 54.5 Å². The van der Waals surface area contributed by atoms with Gasteiger partial charge in [0.2, 0.25) is 0 Å². The zero-order chi connectivity index (χ0) is 23.9. The lowest BCUT2D eigenvalue weighted by atomic mass is 9.93. The smallest absolute Gasteiger partial charge is 0.0591 e. The summed E-state index contributed by atoms with van der Waals surface area (Å²) in [5, 5.41) is 6.59. The number of rotatable bonds is 5. The van der Waals surface area contributed by atoms with Crippen LogP contribution < -0.4 is 10.2 Å². The Bertz CT molecular complexity index is 1680. The number of benzene rings is 5. The van der Waals surface area contributed by atoms with Crippen LogP contribution in [0.3, 0.4) is 0 Å². The molecule has 0 amide bonds.